The SMILES string of the molecule is CC(C)(C)OC(=O)N1CCCC1COc1cccnc1C(N)=O. The minimum atomic E-state index is -0.643. The van der Waals surface area contributed by atoms with Gasteiger partial charge >= 0.3 is 6.09 Å². The van der Waals surface area contributed by atoms with E-state index in [-0.39, 0.29) is 24.4 Å². The minimum Gasteiger partial charge on any atom is -0.489 e. The normalized spacial score (nSPS) is 17.9. The third-order valence-electron chi connectivity index (χ3n) is 3.44. The number of carbonyl (C=O) groups excluding carboxylic acids is 2. The summed E-state index contributed by atoms with van der Waals surface area (Å²) in [5.74, 6) is -0.313. The van der Waals surface area contributed by atoms with Gasteiger partial charge in [-0.25, -0.2) is 9.78 Å². The van der Waals surface area contributed by atoms with Gasteiger partial charge in [0.05, 0.1) is 6.04 Å². The number of carbonyl (C=O) groups is 2. The zero-order valence-electron chi connectivity index (χ0n) is 13.7. The summed E-state index contributed by atoms with van der Waals surface area (Å²) >= 11 is 0. The number of hydrogen-bond donors (Lipinski definition) is 1. The summed E-state index contributed by atoms with van der Waals surface area (Å²) in [7, 11) is 0. The highest BCUT2D eigenvalue weighted by Gasteiger charge is 2.32. The number of aromatic nitrogens is 1. The summed E-state index contributed by atoms with van der Waals surface area (Å²) < 4.78 is 11.1. The first-order valence-electron chi connectivity index (χ1n) is 7.65. The van der Waals surface area contributed by atoms with Gasteiger partial charge in [-0.3, -0.25) is 4.79 Å². The Morgan fingerprint density at radius 1 is 1.43 bits per heavy atom. The van der Waals surface area contributed by atoms with E-state index in [1.54, 1.807) is 17.0 Å². The van der Waals surface area contributed by atoms with Crippen LogP contribution in [0.5, 0.6) is 5.75 Å². The lowest BCUT2D eigenvalue weighted by Crippen LogP contribution is -2.42. The van der Waals surface area contributed by atoms with E-state index in [1.165, 1.54) is 6.20 Å². The molecule has 0 aromatic carbocycles. The molecule has 1 aromatic rings. The molecule has 0 aliphatic carbocycles. The Morgan fingerprint density at radius 2 is 2.17 bits per heavy atom. The van der Waals surface area contributed by atoms with Crippen LogP contribution in [0, 0.1) is 0 Å². The smallest absolute Gasteiger partial charge is 0.410 e. The highest BCUT2D eigenvalue weighted by molar-refractivity contribution is 5.93. The molecule has 2 amide bonds. The third-order valence-corrected chi connectivity index (χ3v) is 3.44. The Kier molecular flexibility index (Phi) is 5.08. The predicted molar refractivity (Wildman–Crippen MR) is 84.2 cm³/mol. The van der Waals surface area contributed by atoms with Crippen LogP contribution in [-0.2, 0) is 4.74 Å². The maximum absolute atomic E-state index is 12.2. The average molecular weight is 321 g/mol. The zero-order chi connectivity index (χ0) is 17.0. The van der Waals surface area contributed by atoms with Crippen molar-refractivity contribution in [3.63, 3.8) is 0 Å². The van der Waals surface area contributed by atoms with Crippen molar-refractivity contribution in [1.82, 2.24) is 9.88 Å². The first kappa shape index (κ1) is 17.1. The van der Waals surface area contributed by atoms with Gasteiger partial charge in [0.15, 0.2) is 11.4 Å². The molecule has 2 N–H and O–H groups in total. The maximum Gasteiger partial charge on any atom is 0.410 e. The molecule has 1 aliphatic rings. The van der Waals surface area contributed by atoms with Gasteiger partial charge in [0, 0.05) is 12.7 Å². The topological polar surface area (TPSA) is 94.8 Å². The van der Waals surface area contributed by atoms with Crippen LogP contribution in [0.4, 0.5) is 4.79 Å². The van der Waals surface area contributed by atoms with Crippen LogP contribution in [-0.4, -0.2) is 46.7 Å². The molecule has 2 rings (SSSR count). The third kappa shape index (κ3) is 4.58. The molecule has 0 spiro atoms. The van der Waals surface area contributed by atoms with Crippen LogP contribution >= 0.6 is 0 Å². The minimum absolute atomic E-state index is 0.0919. The molecule has 0 radical (unpaired) electrons. The summed E-state index contributed by atoms with van der Waals surface area (Å²) in [4.78, 5) is 29.2. The second kappa shape index (κ2) is 6.85. The molecule has 1 atom stereocenters. The van der Waals surface area contributed by atoms with Crippen LogP contribution in [0.2, 0.25) is 0 Å². The van der Waals surface area contributed by atoms with Crippen molar-refractivity contribution < 1.29 is 19.1 Å². The van der Waals surface area contributed by atoms with Gasteiger partial charge in [-0.1, -0.05) is 0 Å². The lowest BCUT2D eigenvalue weighted by atomic mass is 10.2. The summed E-state index contributed by atoms with van der Waals surface area (Å²) in [6, 6.07) is 3.22. The lowest BCUT2D eigenvalue weighted by molar-refractivity contribution is 0.0186. The van der Waals surface area contributed by atoms with Gasteiger partial charge < -0.3 is 20.1 Å². The molecule has 126 valence electrons. The van der Waals surface area contributed by atoms with Gasteiger partial charge in [0.25, 0.3) is 5.91 Å². The van der Waals surface area contributed by atoms with Gasteiger partial charge in [-0.05, 0) is 45.7 Å². The Balaban J connectivity index is 2.00. The number of likely N-dealkylation sites (tertiary alicyclic amines) is 1. The van der Waals surface area contributed by atoms with Crippen LogP contribution in [0.25, 0.3) is 0 Å². The fourth-order valence-corrected chi connectivity index (χ4v) is 2.45. The molecular formula is C16H23N3O4. The molecule has 1 fully saturated rings. The number of rotatable bonds is 4. The van der Waals surface area contributed by atoms with Gasteiger partial charge in [0.2, 0.25) is 0 Å². The first-order valence-corrected chi connectivity index (χ1v) is 7.65. The maximum atomic E-state index is 12.2. The molecule has 2 heterocycles. The molecule has 7 nitrogen and oxygen atoms in total. The first-order chi connectivity index (χ1) is 10.8. The van der Waals surface area contributed by atoms with Crippen molar-refractivity contribution in [2.24, 2.45) is 5.73 Å². The van der Waals surface area contributed by atoms with Crippen molar-refractivity contribution in [2.45, 2.75) is 45.3 Å². The van der Waals surface area contributed by atoms with Crippen molar-refractivity contribution in [2.75, 3.05) is 13.2 Å². The number of pyridine rings is 1. The zero-order valence-corrected chi connectivity index (χ0v) is 13.7. The van der Waals surface area contributed by atoms with Crippen LogP contribution in [0.15, 0.2) is 18.3 Å². The van der Waals surface area contributed by atoms with E-state index in [0.29, 0.717) is 12.3 Å². The number of nitrogens with zero attached hydrogens (tertiary/aromatic N) is 2. The highest BCUT2D eigenvalue weighted by Crippen LogP contribution is 2.23. The molecule has 1 saturated heterocycles. The van der Waals surface area contributed by atoms with Crippen molar-refractivity contribution in [3.05, 3.63) is 24.0 Å². The van der Waals surface area contributed by atoms with Crippen molar-refractivity contribution >= 4 is 12.0 Å². The average Bonchev–Trinajstić information content (AvgIpc) is 2.92. The Hall–Kier alpha value is -2.31. The number of ether oxygens (including phenoxy) is 2. The van der Waals surface area contributed by atoms with Crippen LogP contribution < -0.4 is 10.5 Å². The van der Waals surface area contributed by atoms with Crippen LogP contribution in [0.3, 0.4) is 0 Å². The number of nitrogens with two attached hydrogens (primary N) is 1. The number of primary amides is 1. The van der Waals surface area contributed by atoms with E-state index in [1.807, 2.05) is 20.8 Å². The summed E-state index contributed by atoms with van der Waals surface area (Å²) in [6.07, 6.45) is 2.86. The van der Waals surface area contributed by atoms with E-state index in [9.17, 15) is 9.59 Å². The van der Waals surface area contributed by atoms with E-state index in [4.69, 9.17) is 15.2 Å². The summed E-state index contributed by atoms with van der Waals surface area (Å²) in [6.45, 7) is 6.41. The number of amides is 2. The van der Waals surface area contributed by atoms with Crippen molar-refractivity contribution in [1.29, 1.82) is 0 Å². The Bertz CT molecular complexity index is 583. The second-order valence-electron chi connectivity index (χ2n) is 6.50. The van der Waals surface area contributed by atoms with Gasteiger partial charge in [-0.15, -0.1) is 0 Å². The van der Waals surface area contributed by atoms with E-state index in [0.717, 1.165) is 12.8 Å². The fraction of sp³-hybridized carbons (Fsp3) is 0.562. The molecule has 7 heteroatoms. The van der Waals surface area contributed by atoms with Crippen LogP contribution in [0.1, 0.15) is 44.1 Å². The standard InChI is InChI=1S/C16H23N3O4/c1-16(2,3)23-15(21)19-9-5-6-11(19)10-22-12-7-4-8-18-13(12)14(17)20/h4,7-8,11H,5-6,9-10H2,1-3H3,(H2,17,20). The second-order valence-corrected chi connectivity index (χ2v) is 6.50. The molecule has 1 aliphatic heterocycles. The monoisotopic (exact) mass is 321 g/mol. The highest BCUT2D eigenvalue weighted by atomic mass is 16.6. The summed E-state index contributed by atoms with van der Waals surface area (Å²) in [5.41, 5.74) is 4.84. The Morgan fingerprint density at radius 3 is 2.83 bits per heavy atom. The van der Waals surface area contributed by atoms with Gasteiger partial charge in [-0.2, -0.15) is 0 Å². The van der Waals surface area contributed by atoms with Gasteiger partial charge in [0.1, 0.15) is 12.2 Å². The fourth-order valence-electron chi connectivity index (χ4n) is 2.45. The van der Waals surface area contributed by atoms with E-state index < -0.39 is 11.5 Å². The molecule has 1 aromatic heterocycles. The van der Waals surface area contributed by atoms with Crippen molar-refractivity contribution in [3.8, 4) is 5.75 Å². The molecular weight excluding hydrogens is 298 g/mol. The van der Waals surface area contributed by atoms with E-state index in [2.05, 4.69) is 4.98 Å². The largest absolute Gasteiger partial charge is 0.489 e. The van der Waals surface area contributed by atoms with E-state index >= 15 is 0 Å². The summed E-state index contributed by atoms with van der Waals surface area (Å²) in [5, 5.41) is 0. The molecule has 0 bridgehead atoms. The number of hydrogen-bond acceptors (Lipinski definition) is 5. The predicted octanol–water partition coefficient (Wildman–Crippen LogP) is 1.96. The molecule has 0 saturated carbocycles. The lowest BCUT2D eigenvalue weighted by Gasteiger charge is -2.28. The molecule has 1 unspecified atom stereocenters. The Labute approximate surface area is 135 Å². The molecule has 23 heavy (non-hydrogen) atoms. The quantitative estimate of drug-likeness (QED) is 0.914.